The molecule has 11 rings (SSSR count). The number of hydrogen-bond donors (Lipinski definition) is 13. The van der Waals surface area contributed by atoms with Crippen LogP contribution in [-0.4, -0.2) is 149 Å². The number of nitrogens with one attached hydrogen (secondary N) is 12. The summed E-state index contributed by atoms with van der Waals surface area (Å²) in [4.78, 5) is 178. The van der Waals surface area contributed by atoms with Crippen molar-refractivity contribution in [3.05, 3.63) is 0 Å². The summed E-state index contributed by atoms with van der Waals surface area (Å²) in [7, 11) is 0. The van der Waals surface area contributed by atoms with Gasteiger partial charge in [-0.2, -0.15) is 0 Å². The minimum atomic E-state index is -0.519. The number of amides is 13. The van der Waals surface area contributed by atoms with Gasteiger partial charge in [-0.3, -0.25) is 62.3 Å². The van der Waals surface area contributed by atoms with Crippen LogP contribution in [0.1, 0.15) is 245 Å². The van der Waals surface area contributed by atoms with Crippen molar-refractivity contribution in [3.8, 4) is 0 Å². The van der Waals surface area contributed by atoms with Crippen LogP contribution in [0.2, 0.25) is 0 Å². The van der Waals surface area contributed by atoms with Crippen LogP contribution >= 0.6 is 0 Å². The summed E-state index contributed by atoms with van der Waals surface area (Å²) in [5.41, 5.74) is 5.62. The van der Waals surface area contributed by atoms with Crippen molar-refractivity contribution in [2.45, 2.75) is 318 Å². The Hall–Kier alpha value is -6.89. The Morgan fingerprint density at radius 2 is 0.455 bits per heavy atom. The summed E-state index contributed by atoms with van der Waals surface area (Å²) >= 11 is 0. The highest BCUT2D eigenvalue weighted by Crippen LogP contribution is 2.38. The molecule has 0 aliphatic heterocycles. The minimum Gasteiger partial charge on any atom is -0.369 e. The fourth-order valence-electron chi connectivity index (χ4n) is 20.4. The van der Waals surface area contributed by atoms with E-state index in [1.165, 1.54) is 6.92 Å². The van der Waals surface area contributed by atoms with Crippen LogP contribution in [0.3, 0.4) is 0 Å². The number of primary amides is 1. The van der Waals surface area contributed by atoms with Gasteiger partial charge in [0, 0.05) is 85.8 Å². The molecule has 0 unspecified atom stereocenters. The normalized spacial score (nSPS) is 36.0. The lowest BCUT2D eigenvalue weighted by atomic mass is 9.95. The van der Waals surface area contributed by atoms with Crippen molar-refractivity contribution in [1.29, 1.82) is 0 Å². The van der Waals surface area contributed by atoms with Crippen LogP contribution in [0.5, 0.6) is 0 Å². The number of rotatable bonds is 27. The standard InChI is InChI=1S/C75H117N13O13/c1-39(2)37-41(78-66(92)45-18-7-29-56(45)81-70(96)49-22-11-33-60(49)85-74(100)51-24-13-35-62(51)86-71(97)47-20-9-31-58(47)82-67(93)43-16-5-27-54(43)77-40(3)89)38-64(90)79-55-28-6-17-44(55)68(94)83-59-32-10-21-48(59)72(98)87-63-36-14-25-52(63)75(101)88-61-34-12-23-50(61)73(99)84-57-30-8-19-46(57)69(95)80-53-26-4-15-42(53)65(76)91/h39,41-63H,4-38H2,1-3H3,(H2,76,91)(H,77,89)(H,78,92)(H,79,90)(H,80,95)(H,81,96)(H,82,93)(H,83,94)(H,84,99)(H,85,100)(H,86,97)(H,87,98)(H,88,101)/t41-,42-,43-,44-,45-,46-,47-,48-,49-,50-,51-,52-,53-,54-,55-,56-,57-,58-,59-,60-,61-,62-,63-/m0/s1. The predicted octanol–water partition coefficient (Wildman–Crippen LogP) is 3.55. The fourth-order valence-corrected chi connectivity index (χ4v) is 20.4. The Labute approximate surface area is 595 Å². The molecule has 11 fully saturated rings. The highest BCUT2D eigenvalue weighted by atomic mass is 16.2. The molecule has 0 heterocycles. The van der Waals surface area contributed by atoms with Crippen LogP contribution in [0.4, 0.5) is 0 Å². The molecule has 0 radical (unpaired) electrons. The fraction of sp³-hybridized carbons (Fsp3) is 0.827. The van der Waals surface area contributed by atoms with Gasteiger partial charge in [-0.25, -0.2) is 0 Å². The quantitative estimate of drug-likeness (QED) is 0.0560. The molecule has 11 aliphatic carbocycles. The second-order valence-electron chi connectivity index (χ2n) is 32.9. The lowest BCUT2D eigenvalue weighted by Gasteiger charge is -2.29. The number of hydrogen-bond acceptors (Lipinski definition) is 13. The Kier molecular flexibility index (Phi) is 25.8. The van der Waals surface area contributed by atoms with E-state index in [1.54, 1.807) is 0 Å². The van der Waals surface area contributed by atoms with E-state index in [0.29, 0.717) is 141 Å². The Morgan fingerprint density at radius 3 is 0.663 bits per heavy atom. The van der Waals surface area contributed by atoms with Gasteiger partial charge in [-0.05, 0) is 154 Å². The van der Waals surface area contributed by atoms with Crippen molar-refractivity contribution in [2.75, 3.05) is 0 Å². The summed E-state index contributed by atoms with van der Waals surface area (Å²) in [6.45, 7) is 5.51. The molecule has 0 aromatic rings. The van der Waals surface area contributed by atoms with E-state index in [4.69, 9.17) is 5.73 Å². The van der Waals surface area contributed by atoms with Gasteiger partial charge in [0.2, 0.25) is 76.8 Å². The molecule has 11 aliphatic rings. The van der Waals surface area contributed by atoms with Gasteiger partial charge in [-0.15, -0.1) is 0 Å². The summed E-state index contributed by atoms with van der Waals surface area (Å²) in [5, 5.41) is 37.8. The van der Waals surface area contributed by atoms with Crippen LogP contribution in [0.15, 0.2) is 0 Å². The average molecular weight is 1410 g/mol. The smallest absolute Gasteiger partial charge is 0.225 e. The van der Waals surface area contributed by atoms with Crippen LogP contribution in [-0.2, 0) is 62.3 Å². The maximum atomic E-state index is 14.3. The first-order valence-corrected chi connectivity index (χ1v) is 39.5. The molecule has 26 nitrogen and oxygen atoms in total. The Balaban J connectivity index is 0.606. The third kappa shape index (κ3) is 18.7. The van der Waals surface area contributed by atoms with Crippen molar-refractivity contribution < 1.29 is 62.3 Å². The zero-order valence-corrected chi connectivity index (χ0v) is 60.0. The zero-order valence-electron chi connectivity index (χ0n) is 60.0. The van der Waals surface area contributed by atoms with E-state index in [1.807, 2.05) is 13.8 Å². The third-order valence-electron chi connectivity index (χ3n) is 25.6. The molecule has 26 heteroatoms. The van der Waals surface area contributed by atoms with Crippen LogP contribution < -0.4 is 69.5 Å². The molecule has 101 heavy (non-hydrogen) atoms. The third-order valence-corrected chi connectivity index (χ3v) is 25.6. The highest BCUT2D eigenvalue weighted by molar-refractivity contribution is 5.90. The molecule has 23 atom stereocenters. The summed E-state index contributed by atoms with van der Waals surface area (Å²) < 4.78 is 0. The summed E-state index contributed by atoms with van der Waals surface area (Å²) in [6.07, 6.45) is 22.7. The van der Waals surface area contributed by atoms with Crippen molar-refractivity contribution in [2.24, 2.45) is 76.7 Å². The number of nitrogens with two attached hydrogens (primary N) is 1. The first kappa shape index (κ1) is 75.3. The molecule has 0 bridgehead atoms. The maximum absolute atomic E-state index is 14.3. The van der Waals surface area contributed by atoms with Gasteiger partial charge in [0.25, 0.3) is 0 Å². The molecule has 0 spiro atoms. The molecule has 11 saturated carbocycles. The summed E-state index contributed by atoms with van der Waals surface area (Å²) in [6, 6.07) is -4.55. The van der Waals surface area contributed by atoms with Gasteiger partial charge in [0.1, 0.15) is 0 Å². The van der Waals surface area contributed by atoms with Crippen molar-refractivity contribution in [3.63, 3.8) is 0 Å². The molecular weight excluding hydrogens is 1290 g/mol. The van der Waals surface area contributed by atoms with Gasteiger partial charge in [0.05, 0.1) is 65.1 Å². The van der Waals surface area contributed by atoms with E-state index in [-0.39, 0.29) is 131 Å². The van der Waals surface area contributed by atoms with Crippen molar-refractivity contribution in [1.82, 2.24) is 63.8 Å². The number of carbonyl (C=O) groups is 13. The first-order valence-electron chi connectivity index (χ1n) is 39.5. The lowest BCUT2D eigenvalue weighted by Crippen LogP contribution is -2.53. The molecule has 560 valence electrons. The Bertz CT molecular complexity index is 3060. The molecule has 13 amide bonds. The molecule has 0 aromatic carbocycles. The summed E-state index contributed by atoms with van der Waals surface area (Å²) in [5.74, 6) is -7.58. The minimum absolute atomic E-state index is 0.00258. The maximum Gasteiger partial charge on any atom is 0.225 e. The van der Waals surface area contributed by atoms with Gasteiger partial charge in [0.15, 0.2) is 0 Å². The molecule has 0 aromatic heterocycles. The van der Waals surface area contributed by atoms with E-state index < -0.39 is 95.4 Å². The lowest BCUT2D eigenvalue weighted by molar-refractivity contribution is -0.133. The van der Waals surface area contributed by atoms with E-state index in [0.717, 1.165) is 77.0 Å². The predicted molar refractivity (Wildman–Crippen MR) is 373 cm³/mol. The zero-order chi connectivity index (χ0) is 71.6. The second-order valence-corrected chi connectivity index (χ2v) is 32.9. The monoisotopic (exact) mass is 1410 g/mol. The van der Waals surface area contributed by atoms with E-state index >= 15 is 0 Å². The largest absolute Gasteiger partial charge is 0.369 e. The molecule has 0 saturated heterocycles. The average Bonchev–Trinajstić information content (AvgIpc) is 1.71. The van der Waals surface area contributed by atoms with E-state index in [9.17, 15) is 62.3 Å². The van der Waals surface area contributed by atoms with Gasteiger partial charge >= 0.3 is 0 Å². The van der Waals surface area contributed by atoms with Crippen LogP contribution in [0, 0.1) is 71.0 Å². The first-order chi connectivity index (χ1) is 48.6. The molecule has 14 N–H and O–H groups in total. The van der Waals surface area contributed by atoms with Gasteiger partial charge in [-0.1, -0.05) is 84.5 Å². The second kappa shape index (κ2) is 34.6. The highest BCUT2D eigenvalue weighted by Gasteiger charge is 2.48. The van der Waals surface area contributed by atoms with Gasteiger partial charge < -0.3 is 69.5 Å². The van der Waals surface area contributed by atoms with Crippen molar-refractivity contribution >= 4 is 76.8 Å². The SMILES string of the molecule is CC(=O)N[C@H]1CCC[C@@H]1C(=O)N[C@H]1CCC[C@@H]1C(=O)N[C@H]1CCC[C@@H]1C(=O)N[C@H]1CCC[C@@H]1C(=O)N[C@H]1CCC[C@@H]1C(=O)N[C@H](CC(=O)N[C@H]1CCC[C@@H]1C(=O)N[C@H]1CCC[C@@H]1C(=O)N[C@H]1CCC[C@@H]1C(=O)N[C@H]1CCC[C@@H]1C(=O)N[C@H]1CCC[C@@H]1C(=O)N[C@H]1CCC[C@@H]1C(N)=O)CC(C)C. The molecular formula is C75H117N13O13. The number of carbonyl (C=O) groups excluding carboxylic acids is 13. The van der Waals surface area contributed by atoms with E-state index in [2.05, 4.69) is 63.8 Å². The Morgan fingerprint density at radius 1 is 0.267 bits per heavy atom. The van der Waals surface area contributed by atoms with Crippen LogP contribution in [0.25, 0.3) is 0 Å². The topological polar surface area (TPSA) is 392 Å².